The van der Waals surface area contributed by atoms with Crippen LogP contribution in [-0.2, 0) is 4.79 Å². The highest BCUT2D eigenvalue weighted by atomic mass is 16.2. The van der Waals surface area contributed by atoms with Crippen LogP contribution in [0.5, 0.6) is 0 Å². The Bertz CT molecular complexity index is 275. The Hall–Kier alpha value is -1.08. The lowest BCUT2D eigenvalue weighted by molar-refractivity contribution is -0.132. The smallest absolute Gasteiger partial charge is 0.236 e. The minimum atomic E-state index is 0.177. The Labute approximate surface area is 104 Å². The third-order valence-corrected chi connectivity index (χ3v) is 3.30. The van der Waals surface area contributed by atoms with Crippen molar-refractivity contribution in [1.82, 2.24) is 9.80 Å². The van der Waals surface area contributed by atoms with Crippen LogP contribution in [-0.4, -0.2) is 47.9 Å². The molecule has 1 fully saturated rings. The fraction of sp³-hybridized carbons (Fsp3) is 0.846. The minimum absolute atomic E-state index is 0.177. The van der Waals surface area contributed by atoms with Gasteiger partial charge in [-0.25, -0.2) is 0 Å². The van der Waals surface area contributed by atoms with Crippen molar-refractivity contribution in [2.75, 3.05) is 26.2 Å². The van der Waals surface area contributed by atoms with Crippen LogP contribution in [0.1, 0.15) is 39.5 Å². The van der Waals surface area contributed by atoms with Crippen molar-refractivity contribution in [2.45, 2.75) is 45.6 Å². The van der Waals surface area contributed by atoms with Crippen LogP contribution in [0.4, 0.5) is 0 Å². The molecular formula is C13H23N3O. The first-order valence-corrected chi connectivity index (χ1v) is 6.54. The highest BCUT2D eigenvalue weighted by Crippen LogP contribution is 2.10. The summed E-state index contributed by atoms with van der Waals surface area (Å²) in [5.41, 5.74) is 0. The van der Waals surface area contributed by atoms with E-state index in [1.165, 1.54) is 12.8 Å². The first-order chi connectivity index (χ1) is 8.15. The molecule has 1 amide bonds. The summed E-state index contributed by atoms with van der Waals surface area (Å²) in [7, 11) is 0. The van der Waals surface area contributed by atoms with E-state index in [0.29, 0.717) is 13.1 Å². The summed E-state index contributed by atoms with van der Waals surface area (Å²) in [6.07, 6.45) is 4.70. The van der Waals surface area contributed by atoms with Crippen LogP contribution >= 0.6 is 0 Å². The van der Waals surface area contributed by atoms with Gasteiger partial charge < -0.3 is 4.90 Å². The van der Waals surface area contributed by atoms with Gasteiger partial charge >= 0.3 is 0 Å². The maximum absolute atomic E-state index is 12.1. The number of rotatable bonds is 4. The number of nitriles is 1. The lowest BCUT2D eigenvalue weighted by Gasteiger charge is -2.27. The van der Waals surface area contributed by atoms with Crippen molar-refractivity contribution in [3.63, 3.8) is 0 Å². The van der Waals surface area contributed by atoms with E-state index in [1.54, 1.807) is 0 Å². The van der Waals surface area contributed by atoms with Crippen LogP contribution in [0.3, 0.4) is 0 Å². The standard InChI is InChI=1S/C13H23N3O/c1-12(2)16(10-7-14)11-13(17)15-8-5-3-4-6-9-15/h12H,3-6,8-11H2,1-2H3. The van der Waals surface area contributed by atoms with Crippen LogP contribution in [0.25, 0.3) is 0 Å². The third kappa shape index (κ3) is 4.74. The fourth-order valence-electron chi connectivity index (χ4n) is 2.11. The van der Waals surface area contributed by atoms with E-state index in [4.69, 9.17) is 5.26 Å². The first-order valence-electron chi connectivity index (χ1n) is 6.54. The number of amides is 1. The van der Waals surface area contributed by atoms with Gasteiger partial charge in [0.05, 0.1) is 19.2 Å². The van der Waals surface area contributed by atoms with Crippen LogP contribution in [0.15, 0.2) is 0 Å². The molecule has 0 aliphatic carbocycles. The summed E-state index contributed by atoms with van der Waals surface area (Å²) in [4.78, 5) is 16.0. The van der Waals surface area contributed by atoms with Crippen LogP contribution in [0.2, 0.25) is 0 Å². The summed E-state index contributed by atoms with van der Waals surface area (Å²) < 4.78 is 0. The molecule has 0 unspecified atom stereocenters. The molecule has 17 heavy (non-hydrogen) atoms. The highest BCUT2D eigenvalue weighted by molar-refractivity contribution is 5.78. The van der Waals surface area contributed by atoms with E-state index in [2.05, 4.69) is 6.07 Å². The van der Waals surface area contributed by atoms with Gasteiger partial charge in [0.15, 0.2) is 0 Å². The first kappa shape index (κ1) is 14.0. The zero-order valence-corrected chi connectivity index (χ0v) is 11.0. The highest BCUT2D eigenvalue weighted by Gasteiger charge is 2.19. The van der Waals surface area contributed by atoms with Gasteiger partial charge in [-0.2, -0.15) is 5.26 Å². The second-order valence-electron chi connectivity index (χ2n) is 4.95. The Morgan fingerprint density at radius 1 is 1.29 bits per heavy atom. The molecule has 0 aromatic heterocycles. The predicted octanol–water partition coefficient (Wildman–Crippen LogP) is 1.62. The molecule has 1 aliphatic rings. The largest absolute Gasteiger partial charge is 0.342 e. The molecule has 0 aromatic carbocycles. The molecule has 0 aromatic rings. The van der Waals surface area contributed by atoms with E-state index in [1.807, 2.05) is 23.6 Å². The van der Waals surface area contributed by atoms with Crippen molar-refractivity contribution in [2.24, 2.45) is 0 Å². The number of nitrogens with zero attached hydrogens (tertiary/aromatic N) is 3. The van der Waals surface area contributed by atoms with Gasteiger partial charge in [-0.1, -0.05) is 12.8 Å². The maximum atomic E-state index is 12.1. The molecule has 0 bridgehead atoms. The number of carbonyl (C=O) groups is 1. The topological polar surface area (TPSA) is 47.3 Å². The molecule has 0 saturated carbocycles. The molecule has 1 heterocycles. The lowest BCUT2D eigenvalue weighted by Crippen LogP contribution is -2.43. The Balaban J connectivity index is 2.47. The quantitative estimate of drug-likeness (QED) is 0.698. The van der Waals surface area contributed by atoms with E-state index >= 15 is 0 Å². The van der Waals surface area contributed by atoms with Gasteiger partial charge in [-0.3, -0.25) is 9.69 Å². The van der Waals surface area contributed by atoms with E-state index < -0.39 is 0 Å². The molecule has 96 valence electrons. The summed E-state index contributed by atoms with van der Waals surface area (Å²) in [6.45, 7) is 6.53. The van der Waals surface area contributed by atoms with E-state index in [-0.39, 0.29) is 11.9 Å². The zero-order valence-electron chi connectivity index (χ0n) is 11.0. The molecule has 1 aliphatic heterocycles. The summed E-state index contributed by atoms with van der Waals surface area (Å²) in [5.74, 6) is 0.177. The van der Waals surface area contributed by atoms with Crippen molar-refractivity contribution in [1.29, 1.82) is 5.26 Å². The van der Waals surface area contributed by atoms with E-state index in [0.717, 1.165) is 25.9 Å². The molecule has 1 saturated heterocycles. The average Bonchev–Trinajstić information content (AvgIpc) is 2.56. The molecule has 1 rings (SSSR count). The summed E-state index contributed by atoms with van der Waals surface area (Å²) >= 11 is 0. The van der Waals surface area contributed by atoms with Crippen molar-refractivity contribution in [3.8, 4) is 6.07 Å². The Morgan fingerprint density at radius 3 is 2.35 bits per heavy atom. The number of hydrogen-bond acceptors (Lipinski definition) is 3. The zero-order chi connectivity index (χ0) is 12.7. The molecule has 0 spiro atoms. The van der Waals surface area contributed by atoms with Gasteiger partial charge in [-0.05, 0) is 26.7 Å². The molecule has 4 heteroatoms. The molecule has 4 nitrogen and oxygen atoms in total. The predicted molar refractivity (Wildman–Crippen MR) is 67.4 cm³/mol. The van der Waals surface area contributed by atoms with Crippen molar-refractivity contribution >= 4 is 5.91 Å². The summed E-state index contributed by atoms with van der Waals surface area (Å²) in [5, 5.41) is 8.74. The molecule has 0 atom stereocenters. The SMILES string of the molecule is CC(C)N(CC#N)CC(=O)N1CCCCCC1. The van der Waals surface area contributed by atoms with Crippen molar-refractivity contribution in [3.05, 3.63) is 0 Å². The second kappa shape index (κ2) is 7.29. The van der Waals surface area contributed by atoms with Gasteiger partial charge in [0.25, 0.3) is 0 Å². The average molecular weight is 237 g/mol. The summed E-state index contributed by atoms with van der Waals surface area (Å²) in [6, 6.07) is 2.37. The fourth-order valence-corrected chi connectivity index (χ4v) is 2.11. The lowest BCUT2D eigenvalue weighted by atomic mass is 10.2. The Kier molecular flexibility index (Phi) is 5.99. The molecular weight excluding hydrogens is 214 g/mol. The third-order valence-electron chi connectivity index (χ3n) is 3.30. The normalized spacial score (nSPS) is 17.0. The van der Waals surface area contributed by atoms with Gasteiger partial charge in [0.1, 0.15) is 0 Å². The molecule has 0 radical (unpaired) electrons. The molecule has 0 N–H and O–H groups in total. The van der Waals surface area contributed by atoms with Crippen LogP contribution < -0.4 is 0 Å². The number of hydrogen-bond donors (Lipinski definition) is 0. The Morgan fingerprint density at radius 2 is 1.88 bits per heavy atom. The van der Waals surface area contributed by atoms with E-state index in [9.17, 15) is 4.79 Å². The number of carbonyl (C=O) groups excluding carboxylic acids is 1. The maximum Gasteiger partial charge on any atom is 0.236 e. The van der Waals surface area contributed by atoms with Gasteiger partial charge in [0.2, 0.25) is 5.91 Å². The second-order valence-corrected chi connectivity index (χ2v) is 4.95. The van der Waals surface area contributed by atoms with Gasteiger partial charge in [0, 0.05) is 19.1 Å². The monoisotopic (exact) mass is 237 g/mol. The number of likely N-dealkylation sites (tertiary alicyclic amines) is 1. The van der Waals surface area contributed by atoms with Gasteiger partial charge in [-0.15, -0.1) is 0 Å². The van der Waals surface area contributed by atoms with Crippen molar-refractivity contribution < 1.29 is 4.79 Å². The van der Waals surface area contributed by atoms with Crippen LogP contribution in [0, 0.1) is 11.3 Å². The minimum Gasteiger partial charge on any atom is -0.342 e.